The molecule has 78 valence electrons. The molecule has 0 N–H and O–H groups in total. The Morgan fingerprint density at radius 3 is 2.36 bits per heavy atom. The van der Waals surface area contributed by atoms with Gasteiger partial charge in [-0.3, -0.25) is 0 Å². The number of nitrogens with zero attached hydrogens (tertiary/aromatic N) is 1. The number of aryl methyl sites for hydroxylation is 1. The van der Waals surface area contributed by atoms with E-state index in [-0.39, 0.29) is 0 Å². The van der Waals surface area contributed by atoms with Crippen molar-refractivity contribution in [3.8, 4) is 5.88 Å². The molecule has 0 radical (unpaired) electrons. The molecule has 0 bridgehead atoms. The molecule has 0 saturated heterocycles. The summed E-state index contributed by atoms with van der Waals surface area (Å²) in [4.78, 5) is 4.26. The van der Waals surface area contributed by atoms with Crippen LogP contribution in [0.4, 0.5) is 0 Å². The molecule has 0 aromatic carbocycles. The van der Waals surface area contributed by atoms with Gasteiger partial charge >= 0.3 is 0 Å². The molecule has 0 unspecified atom stereocenters. The van der Waals surface area contributed by atoms with E-state index >= 15 is 0 Å². The predicted octanol–water partition coefficient (Wildman–Crippen LogP) is 3.21. The molecule has 0 atom stereocenters. The molecule has 0 fully saturated rings. The number of ether oxygens (including phenoxy) is 1. The molecule has 2 heteroatoms. The maximum Gasteiger partial charge on any atom is 0.213 e. The summed E-state index contributed by atoms with van der Waals surface area (Å²) in [6.07, 6.45) is 5.28. The van der Waals surface area contributed by atoms with Gasteiger partial charge < -0.3 is 4.74 Å². The Kier molecular flexibility index (Phi) is 4.44. The average molecular weight is 193 g/mol. The molecule has 0 spiro atoms. The van der Waals surface area contributed by atoms with E-state index in [0.717, 1.165) is 25.1 Å². The standard InChI is InChI=1S/C12H19NO/c1-4-10-7-8-12(13-9-10)14-11(5-2)6-3/h7-9,11H,4-6H2,1-3H3. The third-order valence-electron chi connectivity index (χ3n) is 2.40. The van der Waals surface area contributed by atoms with Gasteiger partial charge in [-0.15, -0.1) is 0 Å². The van der Waals surface area contributed by atoms with Crippen LogP contribution in [0.3, 0.4) is 0 Å². The molecule has 2 nitrogen and oxygen atoms in total. The Balaban J connectivity index is 2.58. The summed E-state index contributed by atoms with van der Waals surface area (Å²) in [5.41, 5.74) is 1.25. The molecule has 0 aliphatic heterocycles. The Morgan fingerprint density at radius 1 is 1.21 bits per heavy atom. The lowest BCUT2D eigenvalue weighted by Gasteiger charge is -2.14. The van der Waals surface area contributed by atoms with Crippen molar-refractivity contribution in [2.45, 2.75) is 46.1 Å². The van der Waals surface area contributed by atoms with Crippen molar-refractivity contribution in [2.75, 3.05) is 0 Å². The number of hydrogen-bond acceptors (Lipinski definition) is 2. The largest absolute Gasteiger partial charge is 0.474 e. The fourth-order valence-corrected chi connectivity index (χ4v) is 1.32. The molecular formula is C12H19NO. The van der Waals surface area contributed by atoms with Crippen LogP contribution in [0.25, 0.3) is 0 Å². The highest BCUT2D eigenvalue weighted by Gasteiger charge is 2.05. The van der Waals surface area contributed by atoms with Crippen LogP contribution in [-0.2, 0) is 6.42 Å². The molecule has 1 heterocycles. The van der Waals surface area contributed by atoms with Gasteiger partial charge in [0.2, 0.25) is 5.88 Å². The number of pyridine rings is 1. The fraction of sp³-hybridized carbons (Fsp3) is 0.583. The van der Waals surface area contributed by atoms with Crippen LogP contribution in [0.1, 0.15) is 39.2 Å². The predicted molar refractivity (Wildman–Crippen MR) is 58.6 cm³/mol. The SMILES string of the molecule is CCc1ccc(OC(CC)CC)nc1. The summed E-state index contributed by atoms with van der Waals surface area (Å²) in [7, 11) is 0. The molecule has 0 aliphatic rings. The second-order valence-corrected chi connectivity index (χ2v) is 3.41. The van der Waals surface area contributed by atoms with Crippen molar-refractivity contribution in [3.05, 3.63) is 23.9 Å². The van der Waals surface area contributed by atoms with Crippen LogP contribution in [0.2, 0.25) is 0 Å². The zero-order valence-electron chi connectivity index (χ0n) is 9.29. The van der Waals surface area contributed by atoms with Crippen molar-refractivity contribution in [1.29, 1.82) is 0 Å². The summed E-state index contributed by atoms with van der Waals surface area (Å²) < 4.78 is 5.70. The zero-order chi connectivity index (χ0) is 10.4. The minimum atomic E-state index is 0.301. The monoisotopic (exact) mass is 193 g/mol. The lowest BCUT2D eigenvalue weighted by molar-refractivity contribution is 0.185. The van der Waals surface area contributed by atoms with E-state index < -0.39 is 0 Å². The van der Waals surface area contributed by atoms with E-state index in [1.165, 1.54) is 5.56 Å². The van der Waals surface area contributed by atoms with Gasteiger partial charge in [-0.05, 0) is 24.8 Å². The van der Waals surface area contributed by atoms with E-state index in [9.17, 15) is 0 Å². The summed E-state index contributed by atoms with van der Waals surface area (Å²) in [6, 6.07) is 4.03. The Hall–Kier alpha value is -1.05. The summed E-state index contributed by atoms with van der Waals surface area (Å²) in [5.74, 6) is 0.746. The average Bonchev–Trinajstić information content (AvgIpc) is 2.26. The highest BCUT2D eigenvalue weighted by molar-refractivity contribution is 5.17. The first-order chi connectivity index (χ1) is 6.80. The fourth-order valence-electron chi connectivity index (χ4n) is 1.32. The van der Waals surface area contributed by atoms with Crippen molar-refractivity contribution in [3.63, 3.8) is 0 Å². The first-order valence-electron chi connectivity index (χ1n) is 5.41. The van der Waals surface area contributed by atoms with Crippen LogP contribution < -0.4 is 4.74 Å². The van der Waals surface area contributed by atoms with Gasteiger partial charge in [0.15, 0.2) is 0 Å². The topological polar surface area (TPSA) is 22.1 Å². The summed E-state index contributed by atoms with van der Waals surface area (Å²) in [5, 5.41) is 0. The molecule has 1 aromatic rings. The Bertz CT molecular complexity index is 252. The van der Waals surface area contributed by atoms with Crippen molar-refractivity contribution < 1.29 is 4.74 Å². The van der Waals surface area contributed by atoms with E-state index in [0.29, 0.717) is 6.10 Å². The van der Waals surface area contributed by atoms with Gasteiger partial charge in [-0.2, -0.15) is 0 Å². The second-order valence-electron chi connectivity index (χ2n) is 3.41. The number of aromatic nitrogens is 1. The van der Waals surface area contributed by atoms with Gasteiger partial charge in [-0.25, -0.2) is 4.98 Å². The van der Waals surface area contributed by atoms with Gasteiger partial charge in [0, 0.05) is 12.3 Å². The van der Waals surface area contributed by atoms with Crippen LogP contribution in [0.5, 0.6) is 5.88 Å². The lowest BCUT2D eigenvalue weighted by atomic mass is 10.2. The molecule has 0 saturated carbocycles. The van der Waals surface area contributed by atoms with Gasteiger partial charge in [0.25, 0.3) is 0 Å². The van der Waals surface area contributed by atoms with E-state index in [4.69, 9.17) is 4.74 Å². The smallest absolute Gasteiger partial charge is 0.213 e. The number of rotatable bonds is 5. The van der Waals surface area contributed by atoms with Crippen LogP contribution in [0.15, 0.2) is 18.3 Å². The summed E-state index contributed by atoms with van der Waals surface area (Å²) in [6.45, 7) is 6.39. The molecule has 0 amide bonds. The first kappa shape index (κ1) is 11.0. The molecule has 1 aromatic heterocycles. The minimum Gasteiger partial charge on any atom is -0.474 e. The normalized spacial score (nSPS) is 10.6. The van der Waals surface area contributed by atoms with Crippen LogP contribution in [-0.4, -0.2) is 11.1 Å². The lowest BCUT2D eigenvalue weighted by Crippen LogP contribution is -2.14. The Labute approximate surface area is 86.3 Å². The maximum absolute atomic E-state index is 5.70. The third kappa shape index (κ3) is 3.02. The van der Waals surface area contributed by atoms with Gasteiger partial charge in [-0.1, -0.05) is 26.8 Å². The van der Waals surface area contributed by atoms with Crippen molar-refractivity contribution in [2.24, 2.45) is 0 Å². The minimum absolute atomic E-state index is 0.301. The maximum atomic E-state index is 5.70. The summed E-state index contributed by atoms with van der Waals surface area (Å²) >= 11 is 0. The third-order valence-corrected chi connectivity index (χ3v) is 2.40. The van der Waals surface area contributed by atoms with Gasteiger partial charge in [0.1, 0.15) is 0 Å². The quantitative estimate of drug-likeness (QED) is 0.716. The van der Waals surface area contributed by atoms with Crippen molar-refractivity contribution in [1.82, 2.24) is 4.98 Å². The number of hydrogen-bond donors (Lipinski definition) is 0. The van der Waals surface area contributed by atoms with E-state index in [1.807, 2.05) is 12.3 Å². The highest BCUT2D eigenvalue weighted by atomic mass is 16.5. The van der Waals surface area contributed by atoms with Crippen molar-refractivity contribution >= 4 is 0 Å². The van der Waals surface area contributed by atoms with Gasteiger partial charge in [0.05, 0.1) is 6.10 Å². The first-order valence-corrected chi connectivity index (χ1v) is 5.41. The zero-order valence-corrected chi connectivity index (χ0v) is 9.29. The molecule has 1 rings (SSSR count). The molecular weight excluding hydrogens is 174 g/mol. The second kappa shape index (κ2) is 5.63. The Morgan fingerprint density at radius 2 is 1.93 bits per heavy atom. The molecule has 14 heavy (non-hydrogen) atoms. The van der Waals surface area contributed by atoms with E-state index in [2.05, 4.69) is 31.8 Å². The van der Waals surface area contributed by atoms with Crippen LogP contribution in [0, 0.1) is 0 Å². The van der Waals surface area contributed by atoms with Crippen LogP contribution >= 0.6 is 0 Å². The highest BCUT2D eigenvalue weighted by Crippen LogP contribution is 2.12. The molecule has 0 aliphatic carbocycles. The van der Waals surface area contributed by atoms with E-state index in [1.54, 1.807) is 0 Å².